The number of aromatic amines is 2. The topological polar surface area (TPSA) is 145 Å². The Bertz CT molecular complexity index is 1560. The first kappa shape index (κ1) is 22.8. The van der Waals surface area contributed by atoms with Gasteiger partial charge in [0.1, 0.15) is 12.4 Å². The number of piperidine rings is 1. The second-order valence-corrected chi connectivity index (χ2v) is 8.97. The number of hydrogen-bond donors (Lipinski definition) is 4. The average Bonchev–Trinajstić information content (AvgIpc) is 3.74. The molecule has 11 heteroatoms. The summed E-state index contributed by atoms with van der Waals surface area (Å²) in [7, 11) is 0. The van der Waals surface area contributed by atoms with E-state index in [2.05, 4.69) is 25.7 Å². The van der Waals surface area contributed by atoms with Crippen molar-refractivity contribution >= 4 is 23.1 Å². The molecule has 4 N–H and O–H groups in total. The van der Waals surface area contributed by atoms with E-state index in [0.717, 1.165) is 41.9 Å². The lowest BCUT2D eigenvalue weighted by Gasteiger charge is -2.35. The van der Waals surface area contributed by atoms with E-state index in [1.807, 2.05) is 45.8 Å². The first-order valence-electron chi connectivity index (χ1n) is 12.1. The van der Waals surface area contributed by atoms with Crippen LogP contribution in [0.25, 0.3) is 16.9 Å². The summed E-state index contributed by atoms with van der Waals surface area (Å²) in [5.41, 5.74) is 3.87. The third kappa shape index (κ3) is 4.19. The van der Waals surface area contributed by atoms with Crippen LogP contribution in [-0.4, -0.2) is 53.2 Å². The van der Waals surface area contributed by atoms with Crippen LogP contribution in [-0.2, 0) is 6.61 Å². The molecular formula is C26H25N7O4. The van der Waals surface area contributed by atoms with E-state index in [4.69, 9.17) is 9.52 Å². The zero-order chi connectivity index (χ0) is 25.4. The Morgan fingerprint density at radius 1 is 1.14 bits per heavy atom. The van der Waals surface area contributed by atoms with Crippen molar-refractivity contribution in [1.82, 2.24) is 29.7 Å². The molecule has 1 fully saturated rings. The van der Waals surface area contributed by atoms with Gasteiger partial charge in [-0.2, -0.15) is 10.2 Å². The standard InChI is InChI=1S/C26H25N7O4/c34-15-16-7-8-23(37-16)25(35)28-24-14-19(30-31-24)21-6-2-4-12-33(21)26(36)17-13-22(18-9-10-27-29-18)32-11-3-1-5-20(17)32/h1,3,5,7-11,13-14,21,34H,2,4,6,12,15H2,(H,27,29)(H2,28,30,31,35). The van der Waals surface area contributed by atoms with Crippen LogP contribution in [0.4, 0.5) is 5.82 Å². The van der Waals surface area contributed by atoms with Crippen LogP contribution in [0.15, 0.2) is 65.3 Å². The van der Waals surface area contributed by atoms with E-state index in [-0.39, 0.29) is 24.3 Å². The zero-order valence-electron chi connectivity index (χ0n) is 19.8. The number of aromatic nitrogens is 5. The van der Waals surface area contributed by atoms with Crippen molar-refractivity contribution in [2.75, 3.05) is 11.9 Å². The number of likely N-dealkylation sites (tertiary alicyclic amines) is 1. The minimum absolute atomic E-state index is 0.0635. The molecule has 5 aromatic rings. The summed E-state index contributed by atoms with van der Waals surface area (Å²) in [5, 5.41) is 26.1. The maximum absolute atomic E-state index is 13.9. The minimum atomic E-state index is -0.471. The van der Waals surface area contributed by atoms with Gasteiger partial charge in [-0.1, -0.05) is 6.07 Å². The Morgan fingerprint density at radius 3 is 2.86 bits per heavy atom. The molecule has 2 amide bonds. The van der Waals surface area contributed by atoms with Gasteiger partial charge in [-0.3, -0.25) is 19.8 Å². The molecule has 0 radical (unpaired) electrons. The predicted molar refractivity (Wildman–Crippen MR) is 134 cm³/mol. The number of carbonyl (C=O) groups excluding carboxylic acids is 2. The van der Waals surface area contributed by atoms with E-state index in [9.17, 15) is 9.59 Å². The fourth-order valence-corrected chi connectivity index (χ4v) is 4.92. The molecule has 5 aromatic heterocycles. The normalized spacial score (nSPS) is 15.8. The molecule has 6 heterocycles. The Labute approximate surface area is 211 Å². The highest BCUT2D eigenvalue weighted by molar-refractivity contribution is 6.03. The van der Waals surface area contributed by atoms with Crippen LogP contribution >= 0.6 is 0 Å². The number of pyridine rings is 1. The van der Waals surface area contributed by atoms with Gasteiger partial charge in [-0.15, -0.1) is 0 Å². The summed E-state index contributed by atoms with van der Waals surface area (Å²) in [6.45, 7) is 0.329. The number of carbonyl (C=O) groups is 2. The molecule has 1 aliphatic heterocycles. The number of aliphatic hydroxyl groups is 1. The molecule has 0 spiro atoms. The number of rotatable bonds is 6. The molecule has 1 saturated heterocycles. The highest BCUT2D eigenvalue weighted by Gasteiger charge is 2.32. The van der Waals surface area contributed by atoms with Gasteiger partial charge in [0.2, 0.25) is 0 Å². The number of amides is 2. The number of nitrogens with one attached hydrogen (secondary N) is 3. The minimum Gasteiger partial charge on any atom is -0.453 e. The van der Waals surface area contributed by atoms with Gasteiger partial charge in [0.05, 0.1) is 34.2 Å². The van der Waals surface area contributed by atoms with Gasteiger partial charge >= 0.3 is 0 Å². The van der Waals surface area contributed by atoms with Crippen LogP contribution in [0.1, 0.15) is 57.7 Å². The van der Waals surface area contributed by atoms with E-state index >= 15 is 0 Å². The molecule has 1 unspecified atom stereocenters. The van der Waals surface area contributed by atoms with Gasteiger partial charge in [-0.25, -0.2) is 0 Å². The fraction of sp³-hybridized carbons (Fsp3) is 0.231. The van der Waals surface area contributed by atoms with Crippen LogP contribution in [0, 0.1) is 0 Å². The monoisotopic (exact) mass is 499 g/mol. The molecule has 0 aromatic carbocycles. The van der Waals surface area contributed by atoms with Gasteiger partial charge in [0.25, 0.3) is 11.8 Å². The Balaban J connectivity index is 1.27. The second kappa shape index (κ2) is 9.43. The fourth-order valence-electron chi connectivity index (χ4n) is 4.92. The molecule has 37 heavy (non-hydrogen) atoms. The molecule has 0 saturated carbocycles. The molecule has 1 aliphatic rings. The van der Waals surface area contributed by atoms with Crippen molar-refractivity contribution in [2.24, 2.45) is 0 Å². The molecular weight excluding hydrogens is 474 g/mol. The molecule has 0 bridgehead atoms. The van der Waals surface area contributed by atoms with Crippen molar-refractivity contribution in [2.45, 2.75) is 31.9 Å². The molecule has 11 nitrogen and oxygen atoms in total. The van der Waals surface area contributed by atoms with Crippen LogP contribution in [0.2, 0.25) is 0 Å². The molecule has 0 aliphatic carbocycles. The van der Waals surface area contributed by atoms with Crippen molar-refractivity contribution in [3.63, 3.8) is 0 Å². The van der Waals surface area contributed by atoms with Gasteiger partial charge in [-0.05, 0) is 55.7 Å². The SMILES string of the molecule is O=C(Nc1cc(C2CCCCN2C(=O)c2cc(-c3ccn[nH]3)n3ccccc23)[nH]n1)c1ccc(CO)o1. The van der Waals surface area contributed by atoms with Gasteiger partial charge in [0, 0.05) is 25.0 Å². The summed E-state index contributed by atoms with van der Waals surface area (Å²) in [6.07, 6.45) is 6.28. The van der Waals surface area contributed by atoms with E-state index in [0.29, 0.717) is 23.7 Å². The maximum Gasteiger partial charge on any atom is 0.292 e. The number of nitrogens with zero attached hydrogens (tertiary/aromatic N) is 4. The lowest BCUT2D eigenvalue weighted by molar-refractivity contribution is 0.0608. The number of H-pyrrole nitrogens is 2. The summed E-state index contributed by atoms with van der Waals surface area (Å²) in [5.74, 6) is 0.179. The first-order chi connectivity index (χ1) is 18.1. The first-order valence-corrected chi connectivity index (χ1v) is 12.1. The quantitative estimate of drug-likeness (QED) is 0.280. The number of anilines is 1. The van der Waals surface area contributed by atoms with Crippen LogP contribution in [0.3, 0.4) is 0 Å². The number of furan rings is 1. The van der Waals surface area contributed by atoms with Gasteiger partial charge in [0.15, 0.2) is 11.6 Å². The van der Waals surface area contributed by atoms with Crippen molar-refractivity contribution < 1.29 is 19.1 Å². The highest BCUT2D eigenvalue weighted by Crippen LogP contribution is 2.34. The maximum atomic E-state index is 13.9. The molecule has 1 atom stereocenters. The van der Waals surface area contributed by atoms with Crippen LogP contribution < -0.4 is 5.32 Å². The third-order valence-corrected chi connectivity index (χ3v) is 6.69. The lowest BCUT2D eigenvalue weighted by Crippen LogP contribution is -2.38. The smallest absolute Gasteiger partial charge is 0.292 e. The van der Waals surface area contributed by atoms with E-state index in [1.54, 1.807) is 18.3 Å². The Morgan fingerprint density at radius 2 is 2.05 bits per heavy atom. The average molecular weight is 500 g/mol. The lowest BCUT2D eigenvalue weighted by atomic mass is 9.98. The Hall–Kier alpha value is -4.64. The van der Waals surface area contributed by atoms with Crippen molar-refractivity contribution in [1.29, 1.82) is 0 Å². The number of fused-ring (bicyclic) bond motifs is 1. The van der Waals surface area contributed by atoms with Crippen molar-refractivity contribution in [3.8, 4) is 11.4 Å². The summed E-state index contributed by atoms with van der Waals surface area (Å²) < 4.78 is 7.28. The van der Waals surface area contributed by atoms with Crippen LogP contribution in [0.5, 0.6) is 0 Å². The number of hydrogen-bond acceptors (Lipinski definition) is 6. The summed E-state index contributed by atoms with van der Waals surface area (Å²) >= 11 is 0. The largest absolute Gasteiger partial charge is 0.453 e. The Kier molecular flexibility index (Phi) is 5.81. The molecule has 188 valence electrons. The van der Waals surface area contributed by atoms with E-state index < -0.39 is 5.91 Å². The predicted octanol–water partition coefficient (Wildman–Crippen LogP) is 3.76. The number of aliphatic hydroxyl groups excluding tert-OH is 1. The summed E-state index contributed by atoms with van der Waals surface area (Å²) in [4.78, 5) is 28.3. The van der Waals surface area contributed by atoms with Crippen molar-refractivity contribution in [3.05, 3.63) is 83.7 Å². The summed E-state index contributed by atoms with van der Waals surface area (Å²) in [6, 6.07) is 14.1. The highest BCUT2D eigenvalue weighted by atomic mass is 16.4. The third-order valence-electron chi connectivity index (χ3n) is 6.69. The molecule has 6 rings (SSSR count). The zero-order valence-corrected chi connectivity index (χ0v) is 19.8. The second-order valence-electron chi connectivity index (χ2n) is 8.97. The van der Waals surface area contributed by atoms with E-state index in [1.165, 1.54) is 6.07 Å². The van der Waals surface area contributed by atoms with Gasteiger partial charge < -0.3 is 24.1 Å².